The predicted octanol–water partition coefficient (Wildman–Crippen LogP) is 6.55. The average Bonchev–Trinajstić information content (AvgIpc) is 3.39. The first-order valence-electron chi connectivity index (χ1n) is 12.3. The van der Waals surface area contributed by atoms with Crippen molar-refractivity contribution in [2.45, 2.75) is 51.7 Å². The third-order valence-electron chi connectivity index (χ3n) is 6.73. The summed E-state index contributed by atoms with van der Waals surface area (Å²) in [5.74, 6) is 0.630. The number of benzene rings is 3. The van der Waals surface area contributed by atoms with Crippen LogP contribution in [0.3, 0.4) is 0 Å². The van der Waals surface area contributed by atoms with Crippen molar-refractivity contribution in [3.8, 4) is 0 Å². The molecule has 0 saturated heterocycles. The zero-order chi connectivity index (χ0) is 24.7. The number of aromatic nitrogens is 3. The molecule has 0 amide bonds. The van der Waals surface area contributed by atoms with Gasteiger partial charge in [-0.15, -0.1) is 0 Å². The molecule has 5 nitrogen and oxygen atoms in total. The highest BCUT2D eigenvalue weighted by molar-refractivity contribution is 5.66. The molecule has 3 aromatic carbocycles. The van der Waals surface area contributed by atoms with Gasteiger partial charge in [0.2, 0.25) is 0 Å². The molecule has 0 bridgehead atoms. The molecule has 1 aromatic heterocycles. The summed E-state index contributed by atoms with van der Waals surface area (Å²) in [6.07, 6.45) is 4.00. The summed E-state index contributed by atoms with van der Waals surface area (Å²) in [5.41, 5.74) is 2.46. The second kappa shape index (κ2) is 11.1. The van der Waals surface area contributed by atoms with Crippen molar-refractivity contribution in [3.63, 3.8) is 0 Å². The van der Waals surface area contributed by atoms with Gasteiger partial charge in [0, 0.05) is 6.92 Å². The number of rotatable bonds is 10. The van der Waals surface area contributed by atoms with Crippen LogP contribution in [0.2, 0.25) is 0 Å². The fourth-order valence-corrected chi connectivity index (χ4v) is 4.85. The van der Waals surface area contributed by atoms with Gasteiger partial charge in [-0.1, -0.05) is 118 Å². The number of ether oxygens (including phenoxy) is 1. The fourth-order valence-electron chi connectivity index (χ4n) is 4.85. The van der Waals surface area contributed by atoms with Crippen LogP contribution in [0.4, 0.5) is 0 Å². The maximum Gasteiger partial charge on any atom is 0.303 e. The molecule has 0 fully saturated rings. The lowest BCUT2D eigenvalue weighted by Gasteiger charge is -2.36. The van der Waals surface area contributed by atoms with Crippen LogP contribution in [-0.4, -0.2) is 20.7 Å². The molecule has 1 atom stereocenters. The SMILES string of the molecule is CCC(CC)CC(OC(C)=O)c1ncn(C(c2ccccc2)(c2ccccc2)c2ccccc2)n1. The maximum atomic E-state index is 12.0. The molecule has 180 valence electrons. The second-order valence-corrected chi connectivity index (χ2v) is 8.87. The van der Waals surface area contributed by atoms with Crippen molar-refractivity contribution >= 4 is 5.97 Å². The number of hydrogen-bond acceptors (Lipinski definition) is 4. The van der Waals surface area contributed by atoms with Gasteiger partial charge in [0.05, 0.1) is 0 Å². The summed E-state index contributed by atoms with van der Waals surface area (Å²) in [6.45, 7) is 5.77. The van der Waals surface area contributed by atoms with Gasteiger partial charge in [-0.2, -0.15) is 5.10 Å². The third kappa shape index (κ3) is 5.04. The molecule has 1 unspecified atom stereocenters. The highest BCUT2D eigenvalue weighted by Crippen LogP contribution is 2.40. The number of esters is 1. The Hall–Kier alpha value is -3.73. The number of nitrogens with zero attached hydrogens (tertiary/aromatic N) is 3. The summed E-state index contributed by atoms with van der Waals surface area (Å²) >= 11 is 0. The zero-order valence-electron chi connectivity index (χ0n) is 20.7. The van der Waals surface area contributed by atoms with Crippen LogP contribution >= 0.6 is 0 Å². The lowest BCUT2D eigenvalue weighted by atomic mass is 9.77. The van der Waals surface area contributed by atoms with Gasteiger partial charge in [0.25, 0.3) is 0 Å². The highest BCUT2D eigenvalue weighted by Gasteiger charge is 2.40. The first kappa shape index (κ1) is 24.4. The first-order chi connectivity index (χ1) is 17.1. The van der Waals surface area contributed by atoms with E-state index >= 15 is 0 Å². The minimum Gasteiger partial charge on any atom is -0.454 e. The Morgan fingerprint density at radius 1 is 0.829 bits per heavy atom. The lowest BCUT2D eigenvalue weighted by Crippen LogP contribution is -2.38. The molecule has 35 heavy (non-hydrogen) atoms. The van der Waals surface area contributed by atoms with Crippen molar-refractivity contribution in [3.05, 3.63) is 120 Å². The Morgan fingerprint density at radius 2 is 1.29 bits per heavy atom. The van der Waals surface area contributed by atoms with Crippen LogP contribution in [-0.2, 0) is 15.1 Å². The van der Waals surface area contributed by atoms with Gasteiger partial charge in [-0.25, -0.2) is 9.67 Å². The van der Waals surface area contributed by atoms with Crippen molar-refractivity contribution < 1.29 is 9.53 Å². The maximum absolute atomic E-state index is 12.0. The van der Waals surface area contributed by atoms with Crippen molar-refractivity contribution in [1.29, 1.82) is 0 Å². The zero-order valence-corrected chi connectivity index (χ0v) is 20.7. The van der Waals surface area contributed by atoms with Crippen LogP contribution < -0.4 is 0 Å². The number of carbonyl (C=O) groups is 1. The molecule has 5 heteroatoms. The predicted molar refractivity (Wildman–Crippen MR) is 138 cm³/mol. The lowest BCUT2D eigenvalue weighted by molar-refractivity contribution is -0.148. The monoisotopic (exact) mass is 467 g/mol. The Balaban J connectivity index is 1.92. The summed E-state index contributed by atoms with van der Waals surface area (Å²) in [6, 6.07) is 31.0. The molecule has 0 spiro atoms. The van der Waals surface area contributed by atoms with Crippen LogP contribution in [0.1, 0.15) is 68.7 Å². The van der Waals surface area contributed by atoms with E-state index in [0.29, 0.717) is 18.2 Å². The molecule has 0 saturated carbocycles. The van der Waals surface area contributed by atoms with Crippen molar-refractivity contribution in [2.75, 3.05) is 0 Å². The van der Waals surface area contributed by atoms with Gasteiger partial charge in [0.15, 0.2) is 11.9 Å². The van der Waals surface area contributed by atoms with E-state index in [1.165, 1.54) is 6.92 Å². The standard InChI is InChI=1S/C30H33N3O2/c1-4-24(5-2)21-28(35-23(3)34)29-31-22-33(32-29)30(25-15-9-6-10-16-25,26-17-11-7-12-18-26)27-19-13-8-14-20-27/h6-20,22,24,28H,4-5,21H2,1-3H3. The topological polar surface area (TPSA) is 57.0 Å². The van der Waals surface area contributed by atoms with Gasteiger partial charge in [-0.3, -0.25) is 4.79 Å². The molecule has 1 heterocycles. The van der Waals surface area contributed by atoms with Gasteiger partial charge in [0.1, 0.15) is 11.9 Å². The van der Waals surface area contributed by atoms with Crippen molar-refractivity contribution in [2.24, 2.45) is 5.92 Å². The summed E-state index contributed by atoms with van der Waals surface area (Å²) in [4.78, 5) is 16.7. The molecule has 0 N–H and O–H groups in total. The van der Waals surface area contributed by atoms with Gasteiger partial charge >= 0.3 is 5.97 Å². The Bertz CT molecular complexity index is 1110. The fraction of sp³-hybridized carbons (Fsp3) is 0.300. The molecule has 4 rings (SSSR count). The molecule has 0 radical (unpaired) electrons. The Labute approximate surface area is 207 Å². The van der Waals surface area contributed by atoms with E-state index in [1.54, 1.807) is 6.33 Å². The van der Waals surface area contributed by atoms with Crippen LogP contribution in [0.5, 0.6) is 0 Å². The highest BCUT2D eigenvalue weighted by atomic mass is 16.5. The van der Waals surface area contributed by atoms with E-state index in [2.05, 4.69) is 50.2 Å². The van der Waals surface area contributed by atoms with E-state index in [-0.39, 0.29) is 5.97 Å². The second-order valence-electron chi connectivity index (χ2n) is 8.87. The van der Waals surface area contributed by atoms with E-state index in [9.17, 15) is 4.79 Å². The van der Waals surface area contributed by atoms with E-state index in [1.807, 2.05) is 59.3 Å². The molecule has 4 aromatic rings. The van der Waals surface area contributed by atoms with Gasteiger partial charge in [-0.05, 0) is 29.0 Å². The summed E-state index contributed by atoms with van der Waals surface area (Å²) in [7, 11) is 0. The normalized spacial score (nSPS) is 12.5. The summed E-state index contributed by atoms with van der Waals surface area (Å²) < 4.78 is 7.66. The quantitative estimate of drug-likeness (QED) is 0.196. The largest absolute Gasteiger partial charge is 0.454 e. The van der Waals surface area contributed by atoms with Crippen LogP contribution in [0, 0.1) is 5.92 Å². The van der Waals surface area contributed by atoms with E-state index in [0.717, 1.165) is 29.5 Å². The smallest absolute Gasteiger partial charge is 0.303 e. The van der Waals surface area contributed by atoms with Crippen LogP contribution in [0.15, 0.2) is 97.3 Å². The number of carbonyl (C=O) groups excluding carboxylic acids is 1. The van der Waals surface area contributed by atoms with Gasteiger partial charge < -0.3 is 4.74 Å². The Kier molecular flexibility index (Phi) is 7.76. The van der Waals surface area contributed by atoms with Crippen molar-refractivity contribution in [1.82, 2.24) is 14.8 Å². The minimum absolute atomic E-state index is 0.322. The molecular formula is C30H33N3O2. The molecule has 0 aliphatic rings. The Morgan fingerprint density at radius 3 is 1.69 bits per heavy atom. The summed E-state index contributed by atoms with van der Waals surface area (Å²) in [5, 5.41) is 5.02. The minimum atomic E-state index is -0.745. The molecule has 0 aliphatic carbocycles. The molecule has 0 aliphatic heterocycles. The average molecular weight is 468 g/mol. The first-order valence-corrected chi connectivity index (χ1v) is 12.3. The third-order valence-corrected chi connectivity index (χ3v) is 6.73. The van der Waals surface area contributed by atoms with E-state index in [4.69, 9.17) is 14.8 Å². The number of hydrogen-bond donors (Lipinski definition) is 0. The molecular weight excluding hydrogens is 434 g/mol. The van der Waals surface area contributed by atoms with E-state index < -0.39 is 11.6 Å². The van der Waals surface area contributed by atoms with Crippen LogP contribution in [0.25, 0.3) is 0 Å².